The minimum atomic E-state index is -0.735. The molecule has 1 amide bonds. The standard InChI is InChI=1S/C28H29NO4S/c1-17(2)26(30)24-25(23-8-6-5-7-20(23)15-33-18(3)4)29(28(32)27(24)31)22-11-9-19(10-12-22)21-13-14-34-16-21/h5-14,16-18,25,31H,15H2,1-4H3. The Morgan fingerprint density at radius 2 is 1.74 bits per heavy atom. The van der Waals surface area contributed by atoms with Crippen molar-refractivity contribution in [2.24, 2.45) is 5.92 Å². The van der Waals surface area contributed by atoms with Crippen LogP contribution in [-0.2, 0) is 20.9 Å². The molecule has 0 saturated carbocycles. The SMILES string of the molecule is CC(C)OCc1ccccc1C1C(C(=O)C(C)C)=C(O)C(=O)N1c1ccc(-c2ccsc2)cc1. The number of benzene rings is 2. The van der Waals surface area contributed by atoms with Crippen molar-refractivity contribution in [1.29, 1.82) is 0 Å². The zero-order valence-electron chi connectivity index (χ0n) is 19.8. The van der Waals surface area contributed by atoms with Crippen LogP contribution in [0.3, 0.4) is 0 Å². The van der Waals surface area contributed by atoms with Crippen LogP contribution in [-0.4, -0.2) is 22.9 Å². The van der Waals surface area contributed by atoms with Gasteiger partial charge in [-0.3, -0.25) is 14.5 Å². The number of nitrogens with zero attached hydrogens (tertiary/aromatic N) is 1. The van der Waals surface area contributed by atoms with Gasteiger partial charge in [-0.15, -0.1) is 0 Å². The molecule has 0 aliphatic carbocycles. The molecule has 1 N–H and O–H groups in total. The summed E-state index contributed by atoms with van der Waals surface area (Å²) in [5, 5.41) is 15.0. The number of carbonyl (C=O) groups excluding carboxylic acids is 2. The summed E-state index contributed by atoms with van der Waals surface area (Å²) in [6, 6.07) is 16.6. The molecule has 2 aromatic carbocycles. The van der Waals surface area contributed by atoms with Crippen molar-refractivity contribution in [2.45, 2.75) is 46.4 Å². The van der Waals surface area contributed by atoms with Gasteiger partial charge in [0, 0.05) is 11.6 Å². The summed E-state index contributed by atoms with van der Waals surface area (Å²) in [6.45, 7) is 7.81. The van der Waals surface area contributed by atoms with Gasteiger partial charge in [-0.05, 0) is 65.1 Å². The van der Waals surface area contributed by atoms with E-state index in [1.54, 1.807) is 25.2 Å². The maximum absolute atomic E-state index is 13.4. The molecule has 1 aromatic heterocycles. The molecule has 0 fully saturated rings. The van der Waals surface area contributed by atoms with Crippen LogP contribution < -0.4 is 4.90 Å². The molecule has 1 aliphatic rings. The minimum Gasteiger partial charge on any atom is -0.503 e. The highest BCUT2D eigenvalue weighted by molar-refractivity contribution is 7.08. The van der Waals surface area contributed by atoms with Crippen molar-refractivity contribution in [3.63, 3.8) is 0 Å². The van der Waals surface area contributed by atoms with Crippen molar-refractivity contribution < 1.29 is 19.4 Å². The predicted octanol–water partition coefficient (Wildman–Crippen LogP) is 6.47. The first kappa shape index (κ1) is 23.9. The fraction of sp³-hybridized carbons (Fsp3) is 0.286. The third kappa shape index (κ3) is 4.56. The van der Waals surface area contributed by atoms with Crippen LogP contribution in [0, 0.1) is 5.92 Å². The van der Waals surface area contributed by atoms with E-state index in [0.717, 1.165) is 22.3 Å². The monoisotopic (exact) mass is 475 g/mol. The third-order valence-electron chi connectivity index (χ3n) is 5.92. The number of hydrogen-bond acceptors (Lipinski definition) is 5. The quantitative estimate of drug-likeness (QED) is 0.406. The molecule has 34 heavy (non-hydrogen) atoms. The summed E-state index contributed by atoms with van der Waals surface area (Å²) in [4.78, 5) is 28.1. The van der Waals surface area contributed by atoms with Gasteiger partial charge in [0.25, 0.3) is 5.91 Å². The summed E-state index contributed by atoms with van der Waals surface area (Å²) in [6.07, 6.45) is 0.0275. The Morgan fingerprint density at radius 1 is 1.03 bits per heavy atom. The molecule has 0 radical (unpaired) electrons. The van der Waals surface area contributed by atoms with Crippen molar-refractivity contribution in [2.75, 3.05) is 4.90 Å². The number of anilines is 1. The number of rotatable bonds is 8. The first-order chi connectivity index (χ1) is 16.3. The molecule has 176 valence electrons. The van der Waals surface area contributed by atoms with Gasteiger partial charge in [-0.25, -0.2) is 0 Å². The van der Waals surface area contributed by atoms with Crippen molar-refractivity contribution >= 4 is 28.7 Å². The summed E-state index contributed by atoms with van der Waals surface area (Å²) in [7, 11) is 0. The van der Waals surface area contributed by atoms with E-state index in [1.807, 2.05) is 73.8 Å². The van der Waals surface area contributed by atoms with E-state index in [-0.39, 0.29) is 23.4 Å². The van der Waals surface area contributed by atoms with Gasteiger partial charge in [-0.1, -0.05) is 50.2 Å². The fourth-order valence-electron chi connectivity index (χ4n) is 4.16. The Morgan fingerprint density at radius 3 is 2.35 bits per heavy atom. The van der Waals surface area contributed by atoms with E-state index >= 15 is 0 Å². The minimum absolute atomic E-state index is 0.0275. The van der Waals surface area contributed by atoms with Gasteiger partial charge in [0.2, 0.25) is 0 Å². The summed E-state index contributed by atoms with van der Waals surface area (Å²) in [5.74, 6) is -1.66. The van der Waals surface area contributed by atoms with Crippen LogP contribution in [0.2, 0.25) is 0 Å². The van der Waals surface area contributed by atoms with Crippen LogP contribution in [0.4, 0.5) is 5.69 Å². The van der Waals surface area contributed by atoms with Gasteiger partial charge >= 0.3 is 0 Å². The average molecular weight is 476 g/mol. The number of carbonyl (C=O) groups is 2. The molecule has 0 bridgehead atoms. The van der Waals surface area contributed by atoms with Crippen LogP contribution in [0.5, 0.6) is 0 Å². The Bertz CT molecular complexity index is 1210. The lowest BCUT2D eigenvalue weighted by Crippen LogP contribution is -2.32. The van der Waals surface area contributed by atoms with Crippen molar-refractivity contribution in [3.8, 4) is 11.1 Å². The Labute approximate surface area is 204 Å². The highest BCUT2D eigenvalue weighted by atomic mass is 32.1. The largest absolute Gasteiger partial charge is 0.503 e. The topological polar surface area (TPSA) is 66.8 Å². The zero-order chi connectivity index (χ0) is 24.4. The molecular weight excluding hydrogens is 446 g/mol. The molecule has 3 aromatic rings. The lowest BCUT2D eigenvalue weighted by Gasteiger charge is -2.29. The number of aliphatic hydroxyl groups is 1. The maximum atomic E-state index is 13.4. The van der Waals surface area contributed by atoms with E-state index in [9.17, 15) is 14.7 Å². The lowest BCUT2D eigenvalue weighted by atomic mass is 9.89. The third-order valence-corrected chi connectivity index (χ3v) is 6.60. The molecule has 0 saturated heterocycles. The van der Waals surface area contributed by atoms with E-state index in [4.69, 9.17) is 4.74 Å². The Hall–Kier alpha value is -3.22. The van der Waals surface area contributed by atoms with E-state index < -0.39 is 17.7 Å². The van der Waals surface area contributed by atoms with E-state index in [1.165, 1.54) is 4.90 Å². The Balaban J connectivity index is 1.82. The second-order valence-corrected chi connectivity index (χ2v) is 9.76. The zero-order valence-corrected chi connectivity index (χ0v) is 20.6. The average Bonchev–Trinajstić information content (AvgIpc) is 3.45. The van der Waals surface area contributed by atoms with Gasteiger partial charge in [0.15, 0.2) is 11.5 Å². The maximum Gasteiger partial charge on any atom is 0.294 e. The van der Waals surface area contributed by atoms with Crippen LogP contribution in [0.1, 0.15) is 44.9 Å². The highest BCUT2D eigenvalue weighted by Gasteiger charge is 2.45. The molecule has 0 spiro atoms. The second-order valence-electron chi connectivity index (χ2n) is 8.98. The van der Waals surface area contributed by atoms with Crippen molar-refractivity contribution in [3.05, 3.63) is 87.8 Å². The molecule has 1 aliphatic heterocycles. The van der Waals surface area contributed by atoms with Crippen LogP contribution in [0.25, 0.3) is 11.1 Å². The number of ketones is 1. The molecule has 1 unspecified atom stereocenters. The first-order valence-electron chi connectivity index (χ1n) is 11.4. The molecule has 6 heteroatoms. The molecular formula is C28H29NO4S. The molecule has 5 nitrogen and oxygen atoms in total. The lowest BCUT2D eigenvalue weighted by molar-refractivity contribution is -0.119. The second kappa shape index (κ2) is 9.95. The number of Topliss-reactive ketones (excluding diaryl/α,β-unsaturated/α-hetero) is 1. The predicted molar refractivity (Wildman–Crippen MR) is 136 cm³/mol. The van der Waals surface area contributed by atoms with Gasteiger partial charge in [-0.2, -0.15) is 11.3 Å². The summed E-state index contributed by atoms with van der Waals surface area (Å²) < 4.78 is 5.86. The van der Waals surface area contributed by atoms with Gasteiger partial charge < -0.3 is 9.84 Å². The molecule has 1 atom stereocenters. The van der Waals surface area contributed by atoms with E-state index in [2.05, 4.69) is 5.38 Å². The van der Waals surface area contributed by atoms with E-state index in [0.29, 0.717) is 12.3 Å². The number of hydrogen-bond donors (Lipinski definition) is 1. The highest BCUT2D eigenvalue weighted by Crippen LogP contribution is 2.43. The van der Waals surface area contributed by atoms with Gasteiger partial charge in [0.05, 0.1) is 24.3 Å². The normalized spacial score (nSPS) is 16.2. The fourth-order valence-corrected chi connectivity index (χ4v) is 4.83. The van der Waals surface area contributed by atoms with Gasteiger partial charge in [0.1, 0.15) is 0 Å². The molecule has 4 rings (SSSR count). The number of aliphatic hydroxyl groups excluding tert-OH is 1. The number of ether oxygens (including phenoxy) is 1. The number of thiophene rings is 1. The summed E-state index contributed by atoms with van der Waals surface area (Å²) >= 11 is 1.62. The van der Waals surface area contributed by atoms with Crippen molar-refractivity contribution in [1.82, 2.24) is 0 Å². The summed E-state index contributed by atoms with van der Waals surface area (Å²) in [5.41, 5.74) is 4.54. The van der Waals surface area contributed by atoms with Crippen LogP contribution >= 0.6 is 11.3 Å². The van der Waals surface area contributed by atoms with Crippen LogP contribution in [0.15, 0.2) is 76.7 Å². The first-order valence-corrected chi connectivity index (χ1v) is 12.4. The Kier molecular flexibility index (Phi) is 7.00. The number of amides is 1. The smallest absolute Gasteiger partial charge is 0.294 e. The molecule has 2 heterocycles.